The minimum Gasteiger partial charge on any atom is -0.469 e. The van der Waals surface area contributed by atoms with Gasteiger partial charge in [-0.1, -0.05) is 11.6 Å². The van der Waals surface area contributed by atoms with E-state index in [4.69, 9.17) is 16.0 Å². The zero-order valence-electron chi connectivity index (χ0n) is 7.53. The van der Waals surface area contributed by atoms with Crippen LogP contribution in [0.2, 0.25) is 4.34 Å². The van der Waals surface area contributed by atoms with Crippen molar-refractivity contribution in [1.82, 2.24) is 0 Å². The summed E-state index contributed by atoms with van der Waals surface area (Å²) in [5.74, 6) is 0.783. The number of thiophene rings is 1. The molecule has 14 heavy (non-hydrogen) atoms. The van der Waals surface area contributed by atoms with Crippen LogP contribution in [-0.4, -0.2) is 5.11 Å². The fraction of sp³-hybridized carbons (Fsp3) is 0.200. The van der Waals surface area contributed by atoms with Gasteiger partial charge in [-0.25, -0.2) is 0 Å². The van der Waals surface area contributed by atoms with Crippen LogP contribution in [-0.2, 0) is 0 Å². The van der Waals surface area contributed by atoms with Crippen molar-refractivity contribution in [3.05, 3.63) is 45.0 Å². The van der Waals surface area contributed by atoms with Crippen molar-refractivity contribution in [2.24, 2.45) is 0 Å². The molecule has 2 aromatic rings. The van der Waals surface area contributed by atoms with Gasteiger partial charge in [0.1, 0.15) is 11.9 Å². The van der Waals surface area contributed by atoms with Crippen LogP contribution in [0.5, 0.6) is 0 Å². The Labute approximate surface area is 90.8 Å². The number of hydrogen-bond donors (Lipinski definition) is 1. The third-order valence-corrected chi connectivity index (χ3v) is 3.21. The fourth-order valence-electron chi connectivity index (χ4n) is 1.29. The normalized spacial score (nSPS) is 13.1. The first-order valence-corrected chi connectivity index (χ1v) is 5.40. The van der Waals surface area contributed by atoms with Crippen LogP contribution >= 0.6 is 22.9 Å². The first kappa shape index (κ1) is 9.77. The van der Waals surface area contributed by atoms with Crippen molar-refractivity contribution in [3.63, 3.8) is 0 Å². The molecule has 2 aromatic heterocycles. The van der Waals surface area contributed by atoms with Crippen LogP contribution < -0.4 is 0 Å². The first-order valence-electron chi connectivity index (χ1n) is 4.14. The molecule has 2 rings (SSSR count). The lowest BCUT2D eigenvalue weighted by atomic mass is 10.1. The standard InChI is InChI=1S/C10H9ClO2S/c1-6-4-7(5-13-6)9(12)8-2-3-14-10(8)11/h2-5,9,12H,1H3. The maximum atomic E-state index is 9.94. The lowest BCUT2D eigenvalue weighted by Crippen LogP contribution is -1.96. The third kappa shape index (κ3) is 1.71. The van der Waals surface area contributed by atoms with Gasteiger partial charge in [-0.2, -0.15) is 0 Å². The molecule has 0 bridgehead atoms. The average molecular weight is 229 g/mol. The van der Waals surface area contributed by atoms with Crippen molar-refractivity contribution in [1.29, 1.82) is 0 Å². The van der Waals surface area contributed by atoms with Gasteiger partial charge in [-0.05, 0) is 24.4 Å². The molecule has 0 aliphatic heterocycles. The third-order valence-electron chi connectivity index (χ3n) is 2.01. The highest BCUT2D eigenvalue weighted by Gasteiger charge is 2.16. The van der Waals surface area contributed by atoms with Gasteiger partial charge in [-0.3, -0.25) is 0 Å². The Kier molecular flexibility index (Phi) is 2.63. The summed E-state index contributed by atoms with van der Waals surface area (Å²) in [6, 6.07) is 3.62. The van der Waals surface area contributed by atoms with Gasteiger partial charge in [0.15, 0.2) is 0 Å². The summed E-state index contributed by atoms with van der Waals surface area (Å²) in [7, 11) is 0. The Morgan fingerprint density at radius 2 is 2.36 bits per heavy atom. The second kappa shape index (κ2) is 3.77. The number of halogens is 1. The smallest absolute Gasteiger partial charge is 0.109 e. The lowest BCUT2D eigenvalue weighted by Gasteiger charge is -2.05. The first-order chi connectivity index (χ1) is 6.68. The van der Waals surface area contributed by atoms with Crippen LogP contribution in [0, 0.1) is 6.92 Å². The topological polar surface area (TPSA) is 33.4 Å². The molecule has 2 nitrogen and oxygen atoms in total. The fourth-order valence-corrected chi connectivity index (χ4v) is 2.26. The molecule has 0 radical (unpaired) electrons. The Balaban J connectivity index is 2.33. The van der Waals surface area contributed by atoms with Crippen molar-refractivity contribution in [2.45, 2.75) is 13.0 Å². The summed E-state index contributed by atoms with van der Waals surface area (Å²) in [6.07, 6.45) is 0.861. The van der Waals surface area contributed by atoms with Gasteiger partial charge >= 0.3 is 0 Å². The van der Waals surface area contributed by atoms with Crippen molar-refractivity contribution < 1.29 is 9.52 Å². The monoisotopic (exact) mass is 228 g/mol. The zero-order chi connectivity index (χ0) is 10.1. The number of aryl methyl sites for hydroxylation is 1. The summed E-state index contributed by atoms with van der Waals surface area (Å²) in [4.78, 5) is 0. The zero-order valence-corrected chi connectivity index (χ0v) is 9.10. The molecule has 0 fully saturated rings. The van der Waals surface area contributed by atoms with E-state index in [2.05, 4.69) is 0 Å². The van der Waals surface area contributed by atoms with Gasteiger partial charge in [-0.15, -0.1) is 11.3 Å². The molecule has 2 heterocycles. The predicted octanol–water partition coefficient (Wildman–Crippen LogP) is 3.38. The molecule has 0 spiro atoms. The van der Waals surface area contributed by atoms with Gasteiger partial charge < -0.3 is 9.52 Å². The molecule has 4 heteroatoms. The molecule has 0 amide bonds. The van der Waals surface area contributed by atoms with Crippen LogP contribution in [0.25, 0.3) is 0 Å². The van der Waals surface area contributed by atoms with Crippen molar-refractivity contribution >= 4 is 22.9 Å². The molecule has 0 aliphatic rings. The van der Waals surface area contributed by atoms with E-state index in [0.29, 0.717) is 4.34 Å². The van der Waals surface area contributed by atoms with E-state index in [1.54, 1.807) is 12.3 Å². The van der Waals surface area contributed by atoms with Crippen molar-refractivity contribution in [3.8, 4) is 0 Å². The molecule has 1 unspecified atom stereocenters. The Bertz CT molecular complexity index is 433. The van der Waals surface area contributed by atoms with E-state index < -0.39 is 6.10 Å². The number of aliphatic hydroxyl groups excluding tert-OH is 1. The molecule has 1 N–H and O–H groups in total. The maximum Gasteiger partial charge on any atom is 0.109 e. The molecular formula is C10H9ClO2S. The molecule has 0 aliphatic carbocycles. The number of aliphatic hydroxyl groups is 1. The highest BCUT2D eigenvalue weighted by atomic mass is 35.5. The molecule has 0 saturated heterocycles. The minimum atomic E-state index is -0.689. The highest BCUT2D eigenvalue weighted by Crippen LogP contribution is 2.32. The Morgan fingerprint density at radius 3 is 2.86 bits per heavy atom. The quantitative estimate of drug-likeness (QED) is 0.855. The summed E-state index contributed by atoms with van der Waals surface area (Å²) in [5, 5.41) is 11.8. The number of rotatable bonds is 2. The van der Waals surface area contributed by atoms with E-state index in [-0.39, 0.29) is 0 Å². The van der Waals surface area contributed by atoms with Crippen LogP contribution in [0.15, 0.2) is 28.2 Å². The molecular weight excluding hydrogens is 220 g/mol. The summed E-state index contributed by atoms with van der Waals surface area (Å²) in [6.45, 7) is 1.84. The summed E-state index contributed by atoms with van der Waals surface area (Å²) >= 11 is 7.33. The van der Waals surface area contributed by atoms with Crippen LogP contribution in [0.4, 0.5) is 0 Å². The maximum absolute atomic E-state index is 9.94. The van der Waals surface area contributed by atoms with Gasteiger partial charge in [0.25, 0.3) is 0 Å². The van der Waals surface area contributed by atoms with Gasteiger partial charge in [0.2, 0.25) is 0 Å². The largest absolute Gasteiger partial charge is 0.469 e. The Morgan fingerprint density at radius 1 is 1.57 bits per heavy atom. The van der Waals surface area contributed by atoms with Crippen molar-refractivity contribution in [2.75, 3.05) is 0 Å². The summed E-state index contributed by atoms with van der Waals surface area (Å²) < 4.78 is 5.75. The minimum absolute atomic E-state index is 0.622. The van der Waals surface area contributed by atoms with Crippen LogP contribution in [0.3, 0.4) is 0 Å². The predicted molar refractivity (Wildman–Crippen MR) is 56.8 cm³/mol. The van der Waals surface area contributed by atoms with E-state index in [9.17, 15) is 5.11 Å². The summed E-state index contributed by atoms with van der Waals surface area (Å²) in [5.41, 5.74) is 1.47. The number of furan rings is 1. The molecule has 1 atom stereocenters. The van der Waals surface area contributed by atoms with E-state index in [1.165, 1.54) is 11.3 Å². The lowest BCUT2D eigenvalue weighted by molar-refractivity contribution is 0.220. The van der Waals surface area contributed by atoms with Crippen LogP contribution in [0.1, 0.15) is 23.0 Å². The molecule has 0 aromatic carbocycles. The SMILES string of the molecule is Cc1cc(C(O)c2ccsc2Cl)co1. The van der Waals surface area contributed by atoms with E-state index >= 15 is 0 Å². The van der Waals surface area contributed by atoms with E-state index in [1.807, 2.05) is 18.4 Å². The molecule has 0 saturated carbocycles. The highest BCUT2D eigenvalue weighted by molar-refractivity contribution is 7.14. The number of hydrogen-bond acceptors (Lipinski definition) is 3. The van der Waals surface area contributed by atoms with Gasteiger partial charge in [0.05, 0.1) is 10.6 Å². The van der Waals surface area contributed by atoms with E-state index in [0.717, 1.165) is 16.9 Å². The second-order valence-corrected chi connectivity index (χ2v) is 4.56. The van der Waals surface area contributed by atoms with Gasteiger partial charge in [0, 0.05) is 11.1 Å². The second-order valence-electron chi connectivity index (χ2n) is 3.04. The Hall–Kier alpha value is -0.770. The molecule has 74 valence electrons. The average Bonchev–Trinajstić information content (AvgIpc) is 2.73.